The number of aromatic nitrogens is 2. The fourth-order valence-corrected chi connectivity index (χ4v) is 3.47. The Bertz CT molecular complexity index is 1020. The molecule has 1 heterocycles. The van der Waals surface area contributed by atoms with Gasteiger partial charge in [-0.15, -0.1) is 0 Å². The van der Waals surface area contributed by atoms with Crippen LogP contribution in [0.5, 0.6) is 0 Å². The van der Waals surface area contributed by atoms with Crippen LogP contribution in [-0.4, -0.2) is 40.5 Å². The molecule has 0 unspecified atom stereocenters. The highest BCUT2D eigenvalue weighted by atomic mass is 35.5. The smallest absolute Gasteiger partial charge is 0.408 e. The molecule has 2 aromatic carbocycles. The van der Waals surface area contributed by atoms with Crippen LogP contribution in [0.2, 0.25) is 5.02 Å². The number of aryl methyl sites for hydroxylation is 1. The Morgan fingerprint density at radius 2 is 2.07 bits per heavy atom. The third-order valence-corrected chi connectivity index (χ3v) is 5.04. The van der Waals surface area contributed by atoms with Gasteiger partial charge in [0, 0.05) is 5.39 Å². The van der Waals surface area contributed by atoms with E-state index in [1.54, 1.807) is 12.3 Å². The molecule has 1 atom stereocenters. The lowest BCUT2D eigenvalue weighted by Crippen LogP contribution is -2.42. The number of carbonyl (C=O) groups excluding carboxylic acids is 2. The molecule has 0 aliphatic rings. The molecule has 0 aliphatic heterocycles. The minimum atomic E-state index is -0.913. The normalized spacial score (nSPS) is 11.8. The average molecular weight is 432 g/mol. The number of esters is 1. The SMILES string of the molecule is COC(=O)[C@@H](CCc1cc(Cl)c2[nH]ncc2c1CO)NC(=O)OCc1ccccc1. The first kappa shape index (κ1) is 21.6. The van der Waals surface area contributed by atoms with E-state index in [0.717, 1.165) is 11.1 Å². The van der Waals surface area contributed by atoms with Gasteiger partial charge in [-0.2, -0.15) is 5.10 Å². The number of aromatic amines is 1. The fourth-order valence-electron chi connectivity index (χ4n) is 3.19. The van der Waals surface area contributed by atoms with Gasteiger partial charge in [-0.3, -0.25) is 5.10 Å². The van der Waals surface area contributed by atoms with Gasteiger partial charge in [-0.05, 0) is 35.6 Å². The van der Waals surface area contributed by atoms with Crippen molar-refractivity contribution in [2.24, 2.45) is 0 Å². The number of nitrogens with one attached hydrogen (secondary N) is 2. The van der Waals surface area contributed by atoms with Crippen LogP contribution in [0.25, 0.3) is 10.9 Å². The van der Waals surface area contributed by atoms with Crippen molar-refractivity contribution in [1.29, 1.82) is 0 Å². The summed E-state index contributed by atoms with van der Waals surface area (Å²) in [4.78, 5) is 24.3. The molecule has 30 heavy (non-hydrogen) atoms. The summed E-state index contributed by atoms with van der Waals surface area (Å²) in [5.74, 6) is -0.590. The topological polar surface area (TPSA) is 114 Å². The predicted octanol–water partition coefficient (Wildman–Crippen LogP) is 3.11. The van der Waals surface area contributed by atoms with Crippen molar-refractivity contribution in [1.82, 2.24) is 15.5 Å². The number of fused-ring (bicyclic) bond motifs is 1. The number of aliphatic hydroxyl groups is 1. The molecule has 0 aliphatic carbocycles. The van der Waals surface area contributed by atoms with Crippen LogP contribution < -0.4 is 5.32 Å². The van der Waals surface area contributed by atoms with Gasteiger partial charge < -0.3 is 19.9 Å². The number of nitrogens with zero attached hydrogens (tertiary/aromatic N) is 1. The summed E-state index contributed by atoms with van der Waals surface area (Å²) in [6, 6.07) is 10.0. The first-order valence-electron chi connectivity index (χ1n) is 9.32. The van der Waals surface area contributed by atoms with Crippen molar-refractivity contribution in [2.45, 2.75) is 32.1 Å². The highest BCUT2D eigenvalue weighted by Crippen LogP contribution is 2.29. The number of hydrogen-bond donors (Lipinski definition) is 3. The summed E-state index contributed by atoms with van der Waals surface area (Å²) in [7, 11) is 1.25. The second kappa shape index (κ2) is 10.1. The molecular formula is C21H22ClN3O5. The van der Waals surface area contributed by atoms with Crippen molar-refractivity contribution < 1.29 is 24.2 Å². The molecule has 8 nitrogen and oxygen atoms in total. The summed E-state index contributed by atoms with van der Waals surface area (Å²) < 4.78 is 9.99. The molecule has 0 saturated carbocycles. The van der Waals surface area contributed by atoms with E-state index in [2.05, 4.69) is 15.5 Å². The molecule has 0 bridgehead atoms. The van der Waals surface area contributed by atoms with E-state index in [-0.39, 0.29) is 19.6 Å². The zero-order valence-electron chi connectivity index (χ0n) is 16.4. The number of benzene rings is 2. The minimum Gasteiger partial charge on any atom is -0.467 e. The minimum absolute atomic E-state index is 0.0853. The molecule has 3 N–H and O–H groups in total. The molecule has 3 rings (SSSR count). The van der Waals surface area contributed by atoms with Crippen molar-refractivity contribution in [2.75, 3.05) is 7.11 Å². The first-order valence-corrected chi connectivity index (χ1v) is 9.70. The molecule has 0 fully saturated rings. The molecule has 0 radical (unpaired) electrons. The van der Waals surface area contributed by atoms with Crippen LogP contribution in [0.1, 0.15) is 23.1 Å². The number of rotatable bonds is 8. The number of methoxy groups -OCH3 is 1. The standard InChI is InChI=1S/C21H22ClN3O5/c1-29-20(27)18(24-21(28)30-12-13-5-3-2-4-6-13)8-7-14-9-17(22)19-15(10-23-25-19)16(14)11-26/h2-6,9-10,18,26H,7-8,11-12H2,1H3,(H,23,25)(H,24,28)/t18-/m1/s1. The lowest BCUT2D eigenvalue weighted by Gasteiger charge is -2.17. The van der Waals surface area contributed by atoms with Crippen molar-refractivity contribution in [3.63, 3.8) is 0 Å². The lowest BCUT2D eigenvalue weighted by molar-refractivity contribution is -0.143. The number of aliphatic hydroxyl groups excluding tert-OH is 1. The predicted molar refractivity (Wildman–Crippen MR) is 111 cm³/mol. The monoisotopic (exact) mass is 431 g/mol. The van der Waals surface area contributed by atoms with E-state index in [0.29, 0.717) is 27.9 Å². The van der Waals surface area contributed by atoms with Crippen LogP contribution in [-0.2, 0) is 33.9 Å². The van der Waals surface area contributed by atoms with Crippen LogP contribution in [0.4, 0.5) is 4.79 Å². The maximum Gasteiger partial charge on any atom is 0.408 e. The highest BCUT2D eigenvalue weighted by molar-refractivity contribution is 6.35. The van der Waals surface area contributed by atoms with E-state index < -0.39 is 18.1 Å². The summed E-state index contributed by atoms with van der Waals surface area (Å²) in [6.45, 7) is -0.125. The molecule has 3 aromatic rings. The van der Waals surface area contributed by atoms with Crippen LogP contribution >= 0.6 is 11.6 Å². The summed E-state index contributed by atoms with van der Waals surface area (Å²) in [5.41, 5.74) is 2.89. The number of ether oxygens (including phenoxy) is 2. The summed E-state index contributed by atoms with van der Waals surface area (Å²) in [6.07, 6.45) is 1.47. The van der Waals surface area contributed by atoms with Crippen LogP contribution in [0.3, 0.4) is 0 Å². The maximum absolute atomic E-state index is 12.2. The maximum atomic E-state index is 12.2. The van der Waals surface area contributed by atoms with E-state index in [1.807, 2.05) is 30.3 Å². The van der Waals surface area contributed by atoms with Gasteiger partial charge in [-0.1, -0.05) is 41.9 Å². The van der Waals surface area contributed by atoms with Gasteiger partial charge >= 0.3 is 12.1 Å². The van der Waals surface area contributed by atoms with Crippen molar-refractivity contribution >= 4 is 34.6 Å². The molecule has 0 saturated heterocycles. The van der Waals surface area contributed by atoms with Gasteiger partial charge in [0.1, 0.15) is 12.6 Å². The Morgan fingerprint density at radius 1 is 1.30 bits per heavy atom. The lowest BCUT2D eigenvalue weighted by atomic mass is 9.97. The Hall–Kier alpha value is -3.10. The first-order chi connectivity index (χ1) is 14.5. The van der Waals surface area contributed by atoms with E-state index in [1.165, 1.54) is 7.11 Å². The molecular weight excluding hydrogens is 410 g/mol. The number of H-pyrrole nitrogens is 1. The summed E-state index contributed by atoms with van der Waals surface area (Å²) >= 11 is 6.29. The van der Waals surface area contributed by atoms with Gasteiger partial charge in [-0.25, -0.2) is 9.59 Å². The van der Waals surface area contributed by atoms with Crippen LogP contribution in [0.15, 0.2) is 42.6 Å². The Kier molecular flexibility index (Phi) is 7.26. The zero-order chi connectivity index (χ0) is 21.5. The van der Waals surface area contributed by atoms with Crippen LogP contribution in [0, 0.1) is 0 Å². The van der Waals surface area contributed by atoms with E-state index in [9.17, 15) is 14.7 Å². The van der Waals surface area contributed by atoms with E-state index >= 15 is 0 Å². The largest absolute Gasteiger partial charge is 0.467 e. The second-order valence-corrected chi connectivity index (χ2v) is 7.04. The molecule has 1 aromatic heterocycles. The van der Waals surface area contributed by atoms with Gasteiger partial charge in [0.2, 0.25) is 0 Å². The number of amides is 1. The molecule has 9 heteroatoms. The highest BCUT2D eigenvalue weighted by Gasteiger charge is 2.23. The Morgan fingerprint density at radius 3 is 2.77 bits per heavy atom. The van der Waals surface area contributed by atoms with E-state index in [4.69, 9.17) is 21.1 Å². The number of alkyl carbamates (subject to hydrolysis) is 1. The molecule has 158 valence electrons. The molecule has 1 amide bonds. The zero-order valence-corrected chi connectivity index (χ0v) is 17.1. The number of hydrogen-bond acceptors (Lipinski definition) is 6. The Labute approximate surface area is 178 Å². The number of halogens is 1. The average Bonchev–Trinajstić information content (AvgIpc) is 3.26. The van der Waals surface area contributed by atoms with Gasteiger partial charge in [0.05, 0.1) is 30.5 Å². The second-order valence-electron chi connectivity index (χ2n) is 6.63. The third kappa shape index (κ3) is 5.08. The Balaban J connectivity index is 1.67. The van der Waals surface area contributed by atoms with Crippen molar-refractivity contribution in [3.8, 4) is 0 Å². The fraction of sp³-hybridized carbons (Fsp3) is 0.286. The summed E-state index contributed by atoms with van der Waals surface area (Å²) in [5, 5.41) is 20.3. The third-order valence-electron chi connectivity index (χ3n) is 4.74. The van der Waals surface area contributed by atoms with Gasteiger partial charge in [0.15, 0.2) is 0 Å². The van der Waals surface area contributed by atoms with Gasteiger partial charge in [0.25, 0.3) is 0 Å². The van der Waals surface area contributed by atoms with Crippen molar-refractivity contribution in [3.05, 3.63) is 64.3 Å². The molecule has 0 spiro atoms. The number of carbonyl (C=O) groups is 2. The quantitative estimate of drug-likeness (QED) is 0.472.